The lowest BCUT2D eigenvalue weighted by Crippen LogP contribution is -2.56. The van der Waals surface area contributed by atoms with E-state index in [0.29, 0.717) is 16.7 Å². The van der Waals surface area contributed by atoms with Gasteiger partial charge in [0.2, 0.25) is 0 Å². The Morgan fingerprint density at radius 3 is 1.26 bits per heavy atom. The summed E-state index contributed by atoms with van der Waals surface area (Å²) in [5.41, 5.74) is 1.21. The minimum absolute atomic E-state index is 0.280. The molecular weight excluding hydrogens is 228 g/mol. The van der Waals surface area contributed by atoms with Crippen LogP contribution in [0.25, 0.3) is 0 Å². The molecule has 0 amide bonds. The lowest BCUT2D eigenvalue weighted by Gasteiger charge is -2.62. The van der Waals surface area contributed by atoms with Crippen molar-refractivity contribution in [3.63, 3.8) is 0 Å². The molecule has 2 unspecified atom stereocenters. The number of hydrogen-bond donors (Lipinski definition) is 0. The predicted molar refractivity (Wildman–Crippen MR) is 89.4 cm³/mol. The van der Waals surface area contributed by atoms with Gasteiger partial charge in [-0.15, -0.1) is 0 Å². The van der Waals surface area contributed by atoms with E-state index < -0.39 is 0 Å². The highest BCUT2D eigenvalue weighted by molar-refractivity contribution is 5.05. The molecule has 0 fully saturated rings. The van der Waals surface area contributed by atoms with E-state index in [0.717, 1.165) is 5.92 Å². The molecule has 116 valence electrons. The van der Waals surface area contributed by atoms with E-state index in [1.165, 1.54) is 6.42 Å². The molecule has 0 spiro atoms. The zero-order valence-corrected chi connectivity index (χ0v) is 15.9. The Hall–Kier alpha value is 0. The van der Waals surface area contributed by atoms with Gasteiger partial charge in [-0.25, -0.2) is 0 Å². The van der Waals surface area contributed by atoms with Crippen LogP contribution in [-0.2, 0) is 0 Å². The van der Waals surface area contributed by atoms with Gasteiger partial charge in [0.1, 0.15) is 0 Å². The van der Waals surface area contributed by atoms with Crippen LogP contribution in [0.2, 0.25) is 0 Å². The average molecular weight is 269 g/mol. The van der Waals surface area contributed by atoms with E-state index in [4.69, 9.17) is 0 Å². The Balaban J connectivity index is 5.96. The fourth-order valence-corrected chi connectivity index (χ4v) is 3.94. The molecular formula is C19H40. The molecule has 0 aliphatic carbocycles. The second-order valence-electron chi connectivity index (χ2n) is 9.25. The third kappa shape index (κ3) is 2.74. The topological polar surface area (TPSA) is 0 Å². The van der Waals surface area contributed by atoms with Gasteiger partial charge in [-0.1, -0.05) is 89.5 Å². The van der Waals surface area contributed by atoms with Crippen LogP contribution in [-0.4, -0.2) is 0 Å². The van der Waals surface area contributed by atoms with Crippen LogP contribution in [0, 0.1) is 33.5 Å². The van der Waals surface area contributed by atoms with E-state index >= 15 is 0 Å². The summed E-state index contributed by atoms with van der Waals surface area (Å²) in [5, 5.41) is 0. The summed E-state index contributed by atoms with van der Waals surface area (Å²) in [6.45, 7) is 29.3. The second kappa shape index (κ2) is 5.41. The molecule has 2 atom stereocenters. The van der Waals surface area contributed by atoms with E-state index in [-0.39, 0.29) is 10.8 Å². The highest BCUT2D eigenvalue weighted by atomic mass is 14.6. The third-order valence-corrected chi connectivity index (χ3v) is 7.62. The summed E-state index contributed by atoms with van der Waals surface area (Å²) in [7, 11) is 0. The molecule has 0 aromatic heterocycles. The van der Waals surface area contributed by atoms with Crippen molar-refractivity contribution in [3.05, 3.63) is 0 Å². The summed E-state index contributed by atoms with van der Waals surface area (Å²) < 4.78 is 0. The van der Waals surface area contributed by atoms with Crippen LogP contribution >= 0.6 is 0 Å². The van der Waals surface area contributed by atoms with Gasteiger partial charge in [0, 0.05) is 0 Å². The van der Waals surface area contributed by atoms with Crippen LogP contribution in [0.15, 0.2) is 0 Å². The van der Waals surface area contributed by atoms with Crippen LogP contribution in [0.5, 0.6) is 0 Å². The Morgan fingerprint density at radius 2 is 1.05 bits per heavy atom. The van der Waals surface area contributed by atoms with E-state index in [9.17, 15) is 0 Å². The quantitative estimate of drug-likeness (QED) is 0.514. The van der Waals surface area contributed by atoms with Crippen molar-refractivity contribution in [3.8, 4) is 0 Å². The molecule has 0 aliphatic heterocycles. The minimum atomic E-state index is 0.280. The van der Waals surface area contributed by atoms with Crippen LogP contribution in [0.4, 0.5) is 0 Å². The van der Waals surface area contributed by atoms with Gasteiger partial charge in [-0.2, -0.15) is 0 Å². The van der Waals surface area contributed by atoms with Gasteiger partial charge >= 0.3 is 0 Å². The lowest BCUT2D eigenvalue weighted by atomic mass is 9.42. The van der Waals surface area contributed by atoms with Crippen molar-refractivity contribution in [1.82, 2.24) is 0 Å². The third-order valence-electron chi connectivity index (χ3n) is 7.62. The van der Waals surface area contributed by atoms with Crippen molar-refractivity contribution in [2.45, 2.75) is 89.5 Å². The second-order valence-corrected chi connectivity index (χ2v) is 9.25. The molecule has 0 aromatic rings. The van der Waals surface area contributed by atoms with E-state index in [2.05, 4.69) is 83.1 Å². The van der Waals surface area contributed by atoms with Gasteiger partial charge in [0.25, 0.3) is 0 Å². The first-order chi connectivity index (χ1) is 8.17. The summed E-state index contributed by atoms with van der Waals surface area (Å²) in [6.07, 6.45) is 1.26. The number of hydrogen-bond acceptors (Lipinski definition) is 0. The summed E-state index contributed by atoms with van der Waals surface area (Å²) in [6, 6.07) is 0. The normalized spacial score (nSPS) is 19.4. The zero-order valence-electron chi connectivity index (χ0n) is 15.9. The summed E-state index contributed by atoms with van der Waals surface area (Å²) in [4.78, 5) is 0. The Bertz CT molecular complexity index is 288. The number of rotatable bonds is 5. The van der Waals surface area contributed by atoms with E-state index in [1.54, 1.807) is 0 Å². The highest BCUT2D eigenvalue weighted by Gasteiger charge is 2.57. The molecule has 19 heavy (non-hydrogen) atoms. The van der Waals surface area contributed by atoms with Gasteiger partial charge in [-0.05, 0) is 33.5 Å². The first-order valence-electron chi connectivity index (χ1n) is 8.17. The first-order valence-corrected chi connectivity index (χ1v) is 8.17. The predicted octanol–water partition coefficient (Wildman–Crippen LogP) is 6.79. The zero-order chi connectivity index (χ0) is 15.9. The Morgan fingerprint density at radius 1 is 0.684 bits per heavy atom. The fourth-order valence-electron chi connectivity index (χ4n) is 3.94. The molecule has 0 N–H and O–H groups in total. The van der Waals surface area contributed by atoms with Crippen molar-refractivity contribution in [1.29, 1.82) is 0 Å². The molecule has 0 saturated heterocycles. The molecule has 0 heteroatoms. The van der Waals surface area contributed by atoms with Crippen molar-refractivity contribution in [2.75, 3.05) is 0 Å². The minimum Gasteiger partial charge on any atom is -0.0651 e. The van der Waals surface area contributed by atoms with Gasteiger partial charge < -0.3 is 0 Å². The van der Waals surface area contributed by atoms with Gasteiger partial charge in [0.15, 0.2) is 0 Å². The Kier molecular flexibility index (Phi) is 5.41. The fraction of sp³-hybridized carbons (Fsp3) is 1.00. The molecule has 0 saturated carbocycles. The van der Waals surface area contributed by atoms with Gasteiger partial charge in [-0.3, -0.25) is 0 Å². The SMILES string of the molecule is CCC(C)C(C)(C(C)C)C(C)(C)C(C)(C)C(C)(C)C. The summed E-state index contributed by atoms with van der Waals surface area (Å²) in [5.74, 6) is 1.43. The largest absolute Gasteiger partial charge is 0.0651 e. The Labute approximate surface area is 123 Å². The molecule has 0 aromatic carbocycles. The first kappa shape index (κ1) is 19.0. The molecule has 0 aliphatic rings. The van der Waals surface area contributed by atoms with Gasteiger partial charge in [0.05, 0.1) is 0 Å². The molecule has 0 nitrogen and oxygen atoms in total. The van der Waals surface area contributed by atoms with E-state index in [1.807, 2.05) is 0 Å². The average Bonchev–Trinajstić information content (AvgIpc) is 2.24. The monoisotopic (exact) mass is 268 g/mol. The van der Waals surface area contributed by atoms with Crippen LogP contribution in [0.3, 0.4) is 0 Å². The molecule has 0 radical (unpaired) electrons. The van der Waals surface area contributed by atoms with Crippen LogP contribution in [0.1, 0.15) is 89.5 Å². The summed E-state index contributed by atoms with van der Waals surface area (Å²) >= 11 is 0. The maximum atomic E-state index is 2.53. The maximum absolute atomic E-state index is 2.53. The maximum Gasteiger partial charge on any atom is -0.0221 e. The van der Waals surface area contributed by atoms with Crippen LogP contribution < -0.4 is 0 Å². The van der Waals surface area contributed by atoms with Crippen molar-refractivity contribution < 1.29 is 0 Å². The highest BCUT2D eigenvalue weighted by Crippen LogP contribution is 2.63. The molecule has 0 bridgehead atoms. The molecule has 0 rings (SSSR count). The smallest absolute Gasteiger partial charge is 0.0221 e. The lowest BCUT2D eigenvalue weighted by molar-refractivity contribution is -0.140. The van der Waals surface area contributed by atoms with Crippen molar-refractivity contribution >= 4 is 0 Å². The standard InChI is InChI=1S/C19H40/c1-13-15(4)19(12,14(2)3)18(10,11)17(8,9)16(5,6)7/h14-15H,13H2,1-12H3. The molecule has 0 heterocycles. The van der Waals surface area contributed by atoms with Crippen molar-refractivity contribution in [2.24, 2.45) is 33.5 Å².